The van der Waals surface area contributed by atoms with Gasteiger partial charge in [0.05, 0.1) is 18.7 Å². The minimum absolute atomic E-state index is 0.0121. The number of carbonyl (C=O) groups is 3. The predicted octanol–water partition coefficient (Wildman–Crippen LogP) is 3.00. The molecular formula is C23H27N3O4. The van der Waals surface area contributed by atoms with Crippen molar-refractivity contribution < 1.29 is 19.1 Å². The van der Waals surface area contributed by atoms with Crippen molar-refractivity contribution in [3.63, 3.8) is 0 Å². The molecule has 7 heteroatoms. The molecule has 1 aliphatic heterocycles. The predicted molar refractivity (Wildman–Crippen MR) is 115 cm³/mol. The largest absolute Gasteiger partial charge is 0.493 e. The van der Waals surface area contributed by atoms with Crippen molar-refractivity contribution in [1.29, 1.82) is 0 Å². The summed E-state index contributed by atoms with van der Waals surface area (Å²) in [6, 6.07) is 12.2. The lowest BCUT2D eigenvalue weighted by molar-refractivity contribution is -0.115. The maximum Gasteiger partial charge on any atom is 0.255 e. The summed E-state index contributed by atoms with van der Waals surface area (Å²) in [4.78, 5) is 39.4. The number of hydrogen-bond acceptors (Lipinski definition) is 4. The molecular weight excluding hydrogens is 382 g/mol. The molecule has 0 spiro atoms. The summed E-state index contributed by atoms with van der Waals surface area (Å²) in [6.07, 6.45) is 2.04. The van der Waals surface area contributed by atoms with E-state index in [-0.39, 0.29) is 24.3 Å². The van der Waals surface area contributed by atoms with Gasteiger partial charge in [0.15, 0.2) is 0 Å². The first-order valence-electron chi connectivity index (χ1n) is 10.2. The number of rotatable bonds is 7. The highest BCUT2D eigenvalue weighted by atomic mass is 16.5. The first kappa shape index (κ1) is 21.4. The van der Waals surface area contributed by atoms with Crippen LogP contribution < -0.4 is 15.4 Å². The van der Waals surface area contributed by atoms with Gasteiger partial charge in [-0.2, -0.15) is 0 Å². The highest BCUT2D eigenvalue weighted by Gasteiger charge is 2.22. The van der Waals surface area contributed by atoms with E-state index in [0.717, 1.165) is 31.5 Å². The Balaban J connectivity index is 1.62. The Morgan fingerprint density at radius 1 is 1.00 bits per heavy atom. The zero-order valence-electron chi connectivity index (χ0n) is 17.4. The van der Waals surface area contributed by atoms with Crippen LogP contribution in [0.5, 0.6) is 5.75 Å². The maximum atomic E-state index is 12.7. The van der Waals surface area contributed by atoms with Crippen molar-refractivity contribution in [2.24, 2.45) is 0 Å². The van der Waals surface area contributed by atoms with Crippen LogP contribution in [-0.2, 0) is 4.79 Å². The number of ether oxygens (including phenoxy) is 1. The standard InChI is InChI=1S/C23H27N3O4/c1-3-30-20-12-5-4-9-18(20)22(28)24-15-21(27)25-19-11-8-10-17(16(19)2)23(29)26-13-6-7-14-26/h4-5,8-12H,3,6-7,13-15H2,1-2H3,(H,24,28)(H,25,27). The number of benzene rings is 2. The fourth-order valence-corrected chi connectivity index (χ4v) is 3.48. The van der Waals surface area contributed by atoms with Crippen molar-refractivity contribution in [1.82, 2.24) is 10.2 Å². The lowest BCUT2D eigenvalue weighted by atomic mass is 10.1. The number of nitrogens with one attached hydrogen (secondary N) is 2. The second-order valence-corrected chi connectivity index (χ2v) is 7.14. The van der Waals surface area contributed by atoms with Gasteiger partial charge < -0.3 is 20.3 Å². The molecule has 158 valence electrons. The number of amides is 3. The van der Waals surface area contributed by atoms with E-state index in [1.165, 1.54) is 0 Å². The van der Waals surface area contributed by atoms with Gasteiger partial charge in [0.2, 0.25) is 5.91 Å². The molecule has 1 fully saturated rings. The molecule has 0 atom stereocenters. The first-order valence-corrected chi connectivity index (χ1v) is 10.2. The third-order valence-corrected chi connectivity index (χ3v) is 5.07. The Labute approximate surface area is 176 Å². The molecule has 30 heavy (non-hydrogen) atoms. The van der Waals surface area contributed by atoms with E-state index < -0.39 is 0 Å². The van der Waals surface area contributed by atoms with Crippen molar-refractivity contribution in [2.45, 2.75) is 26.7 Å². The molecule has 0 aliphatic carbocycles. The molecule has 0 radical (unpaired) electrons. The summed E-state index contributed by atoms with van der Waals surface area (Å²) in [5.74, 6) is -0.293. The molecule has 7 nitrogen and oxygen atoms in total. The van der Waals surface area contributed by atoms with Crippen LogP contribution in [0.2, 0.25) is 0 Å². The average molecular weight is 409 g/mol. The molecule has 0 bridgehead atoms. The van der Waals surface area contributed by atoms with Crippen molar-refractivity contribution in [3.05, 3.63) is 59.2 Å². The Kier molecular flexibility index (Phi) is 7.06. The number of carbonyl (C=O) groups excluding carboxylic acids is 3. The topological polar surface area (TPSA) is 87.7 Å². The third kappa shape index (κ3) is 4.97. The van der Waals surface area contributed by atoms with Gasteiger partial charge in [-0.3, -0.25) is 14.4 Å². The van der Waals surface area contributed by atoms with Crippen LogP contribution in [0.25, 0.3) is 0 Å². The molecule has 0 aromatic heterocycles. The zero-order valence-corrected chi connectivity index (χ0v) is 17.4. The SMILES string of the molecule is CCOc1ccccc1C(=O)NCC(=O)Nc1cccc(C(=O)N2CCCC2)c1C. The zero-order chi connectivity index (χ0) is 21.5. The van der Waals surface area contributed by atoms with E-state index >= 15 is 0 Å². The van der Waals surface area contributed by atoms with Crippen molar-refractivity contribution in [3.8, 4) is 5.75 Å². The number of hydrogen-bond donors (Lipinski definition) is 2. The molecule has 1 saturated heterocycles. The molecule has 0 saturated carbocycles. The minimum Gasteiger partial charge on any atom is -0.493 e. The second kappa shape index (κ2) is 9.91. The summed E-state index contributed by atoms with van der Waals surface area (Å²) in [5.41, 5.74) is 2.25. The summed E-state index contributed by atoms with van der Waals surface area (Å²) >= 11 is 0. The number of anilines is 1. The Morgan fingerprint density at radius 3 is 2.43 bits per heavy atom. The van der Waals surface area contributed by atoms with Gasteiger partial charge in [-0.1, -0.05) is 18.2 Å². The van der Waals surface area contributed by atoms with E-state index in [0.29, 0.717) is 29.2 Å². The average Bonchev–Trinajstić information content (AvgIpc) is 3.29. The Morgan fingerprint density at radius 2 is 1.70 bits per heavy atom. The van der Waals surface area contributed by atoms with E-state index in [9.17, 15) is 14.4 Å². The summed E-state index contributed by atoms with van der Waals surface area (Å²) in [5, 5.41) is 5.40. The lowest BCUT2D eigenvalue weighted by Crippen LogP contribution is -2.33. The lowest BCUT2D eigenvalue weighted by Gasteiger charge is -2.18. The van der Waals surface area contributed by atoms with Crippen LogP contribution in [0.3, 0.4) is 0 Å². The normalized spacial score (nSPS) is 13.1. The number of nitrogens with zero attached hydrogens (tertiary/aromatic N) is 1. The van der Waals surface area contributed by atoms with Crippen LogP contribution in [0.15, 0.2) is 42.5 Å². The highest BCUT2D eigenvalue weighted by Crippen LogP contribution is 2.22. The van der Waals surface area contributed by atoms with E-state index in [2.05, 4.69) is 10.6 Å². The Bertz CT molecular complexity index is 936. The van der Waals surface area contributed by atoms with Crippen LogP contribution in [0.4, 0.5) is 5.69 Å². The maximum absolute atomic E-state index is 12.7. The summed E-state index contributed by atoms with van der Waals surface area (Å²) in [7, 11) is 0. The smallest absolute Gasteiger partial charge is 0.255 e. The van der Waals surface area contributed by atoms with E-state index in [1.54, 1.807) is 42.5 Å². The fourth-order valence-electron chi connectivity index (χ4n) is 3.48. The highest BCUT2D eigenvalue weighted by molar-refractivity contribution is 6.02. The van der Waals surface area contributed by atoms with Gasteiger partial charge in [-0.05, 0) is 56.5 Å². The molecule has 3 amide bonds. The third-order valence-electron chi connectivity index (χ3n) is 5.07. The van der Waals surface area contributed by atoms with Gasteiger partial charge in [0, 0.05) is 24.3 Å². The van der Waals surface area contributed by atoms with Crippen molar-refractivity contribution in [2.75, 3.05) is 31.6 Å². The summed E-state index contributed by atoms with van der Waals surface area (Å²) in [6.45, 7) is 5.44. The van der Waals surface area contributed by atoms with Gasteiger partial charge in [0.1, 0.15) is 5.75 Å². The van der Waals surface area contributed by atoms with E-state index in [1.807, 2.05) is 18.7 Å². The molecule has 0 unspecified atom stereocenters. The second-order valence-electron chi connectivity index (χ2n) is 7.14. The molecule has 2 N–H and O–H groups in total. The number of likely N-dealkylation sites (tertiary alicyclic amines) is 1. The van der Waals surface area contributed by atoms with Crippen LogP contribution >= 0.6 is 0 Å². The van der Waals surface area contributed by atoms with Gasteiger partial charge >= 0.3 is 0 Å². The molecule has 3 rings (SSSR count). The monoisotopic (exact) mass is 409 g/mol. The van der Waals surface area contributed by atoms with Gasteiger partial charge in [-0.25, -0.2) is 0 Å². The number of para-hydroxylation sites is 1. The summed E-state index contributed by atoms with van der Waals surface area (Å²) < 4.78 is 5.46. The van der Waals surface area contributed by atoms with Crippen LogP contribution in [-0.4, -0.2) is 48.9 Å². The van der Waals surface area contributed by atoms with Crippen LogP contribution in [0.1, 0.15) is 46.0 Å². The van der Waals surface area contributed by atoms with Gasteiger partial charge in [0.25, 0.3) is 11.8 Å². The van der Waals surface area contributed by atoms with E-state index in [4.69, 9.17) is 4.74 Å². The molecule has 2 aromatic carbocycles. The molecule has 1 heterocycles. The van der Waals surface area contributed by atoms with Gasteiger partial charge in [-0.15, -0.1) is 0 Å². The van der Waals surface area contributed by atoms with Crippen molar-refractivity contribution >= 4 is 23.4 Å². The molecule has 2 aromatic rings. The fraction of sp³-hybridized carbons (Fsp3) is 0.348. The quantitative estimate of drug-likeness (QED) is 0.736. The molecule has 1 aliphatic rings. The van der Waals surface area contributed by atoms with Crippen LogP contribution in [0, 0.1) is 6.92 Å². The minimum atomic E-state index is -0.385. The Hall–Kier alpha value is -3.35. The first-order chi connectivity index (χ1) is 14.5.